The smallest absolute Gasteiger partial charge is 0.306 e. The van der Waals surface area contributed by atoms with Gasteiger partial charge in [-0.2, -0.15) is 0 Å². The summed E-state index contributed by atoms with van der Waals surface area (Å²) < 4.78 is 33.9. The zero-order valence-electron chi connectivity index (χ0n) is 37.0. The third-order valence-corrected chi connectivity index (χ3v) is 10.3. The molecular weight excluding hydrogens is 737 g/mol. The van der Waals surface area contributed by atoms with Gasteiger partial charge in [0.1, 0.15) is 19.8 Å². The molecule has 0 aliphatic rings. The minimum absolute atomic E-state index is 0.0392. The highest BCUT2D eigenvalue weighted by molar-refractivity contribution is 7.45. The number of phosphoric acid groups is 1. The molecule has 0 radical (unpaired) electrons. The number of phosphoric ester groups is 1. The minimum Gasteiger partial charge on any atom is -0.756 e. The molecule has 2 unspecified atom stereocenters. The van der Waals surface area contributed by atoms with Crippen LogP contribution in [0.3, 0.4) is 0 Å². The van der Waals surface area contributed by atoms with E-state index in [2.05, 4.69) is 74.6 Å². The van der Waals surface area contributed by atoms with Crippen LogP contribution in [0.2, 0.25) is 0 Å². The van der Waals surface area contributed by atoms with E-state index >= 15 is 0 Å². The molecule has 57 heavy (non-hydrogen) atoms. The summed E-state index contributed by atoms with van der Waals surface area (Å²) in [6.07, 6.45) is 46.7. The summed E-state index contributed by atoms with van der Waals surface area (Å²) in [4.78, 5) is 37.5. The van der Waals surface area contributed by atoms with Crippen LogP contribution in [0.5, 0.6) is 0 Å². The number of hydrogen-bond donors (Lipinski definition) is 0. The van der Waals surface area contributed by atoms with Crippen LogP contribution < -0.4 is 4.89 Å². The van der Waals surface area contributed by atoms with Crippen LogP contribution in [0, 0.1) is 0 Å². The van der Waals surface area contributed by atoms with Crippen molar-refractivity contribution in [2.75, 3.05) is 47.5 Å². The lowest BCUT2D eigenvalue weighted by atomic mass is 10.0. The molecule has 0 spiro atoms. The fourth-order valence-electron chi connectivity index (χ4n) is 5.80. The molecule has 0 aromatic heterocycles. The van der Waals surface area contributed by atoms with Gasteiger partial charge in [-0.1, -0.05) is 164 Å². The molecule has 0 heterocycles. The van der Waals surface area contributed by atoms with Gasteiger partial charge in [0.05, 0.1) is 27.7 Å². The Morgan fingerprint density at radius 1 is 0.561 bits per heavy atom. The van der Waals surface area contributed by atoms with Gasteiger partial charge >= 0.3 is 11.9 Å². The molecule has 9 nitrogen and oxygen atoms in total. The van der Waals surface area contributed by atoms with Crippen molar-refractivity contribution in [2.45, 2.75) is 180 Å². The van der Waals surface area contributed by atoms with Crippen molar-refractivity contribution in [3.63, 3.8) is 0 Å². The highest BCUT2D eigenvalue weighted by Crippen LogP contribution is 2.38. The Labute approximate surface area is 349 Å². The van der Waals surface area contributed by atoms with Crippen molar-refractivity contribution in [1.29, 1.82) is 0 Å². The van der Waals surface area contributed by atoms with Gasteiger partial charge in [0.15, 0.2) is 6.10 Å². The summed E-state index contributed by atoms with van der Waals surface area (Å²) in [5, 5.41) is 0. The lowest BCUT2D eigenvalue weighted by molar-refractivity contribution is -0.870. The van der Waals surface area contributed by atoms with Crippen molar-refractivity contribution in [2.24, 2.45) is 0 Å². The van der Waals surface area contributed by atoms with Crippen molar-refractivity contribution >= 4 is 19.8 Å². The Kier molecular flexibility index (Phi) is 37.6. The quantitative estimate of drug-likeness (QED) is 0.0197. The number of ether oxygens (including phenoxy) is 2. The van der Waals surface area contributed by atoms with Gasteiger partial charge in [0.25, 0.3) is 7.82 Å². The van der Waals surface area contributed by atoms with Gasteiger partial charge in [-0.25, -0.2) is 0 Å². The summed E-state index contributed by atoms with van der Waals surface area (Å²) in [7, 11) is 1.14. The van der Waals surface area contributed by atoms with Crippen LogP contribution in [0.25, 0.3) is 0 Å². The van der Waals surface area contributed by atoms with Crippen LogP contribution in [0.15, 0.2) is 60.8 Å². The second-order valence-electron chi connectivity index (χ2n) is 16.0. The number of esters is 2. The van der Waals surface area contributed by atoms with Crippen molar-refractivity contribution in [1.82, 2.24) is 0 Å². The molecule has 0 N–H and O–H groups in total. The maximum Gasteiger partial charge on any atom is 0.306 e. The third-order valence-electron chi connectivity index (χ3n) is 9.30. The first-order chi connectivity index (χ1) is 27.5. The fraction of sp³-hybridized carbons (Fsp3) is 0.745. The normalized spacial score (nSPS) is 14.1. The monoisotopic (exact) mass is 822 g/mol. The van der Waals surface area contributed by atoms with E-state index in [1.165, 1.54) is 70.6 Å². The number of carbonyl (C=O) groups is 2. The van der Waals surface area contributed by atoms with Gasteiger partial charge in [-0.3, -0.25) is 14.2 Å². The first-order valence-corrected chi connectivity index (χ1v) is 24.0. The summed E-state index contributed by atoms with van der Waals surface area (Å²) in [6, 6.07) is 0. The van der Waals surface area contributed by atoms with Gasteiger partial charge in [-0.15, -0.1) is 0 Å². The molecule has 0 amide bonds. The third kappa shape index (κ3) is 43.1. The van der Waals surface area contributed by atoms with E-state index in [0.717, 1.165) is 70.6 Å². The van der Waals surface area contributed by atoms with Crippen LogP contribution in [0.1, 0.15) is 174 Å². The second kappa shape index (κ2) is 39.2. The molecule has 0 aliphatic heterocycles. The number of allylic oxidation sites excluding steroid dienone is 10. The van der Waals surface area contributed by atoms with Crippen molar-refractivity contribution in [3.05, 3.63) is 60.8 Å². The first kappa shape index (κ1) is 54.7. The molecule has 0 saturated carbocycles. The fourth-order valence-corrected chi connectivity index (χ4v) is 6.53. The Balaban J connectivity index is 4.42. The van der Waals surface area contributed by atoms with Crippen molar-refractivity contribution < 1.29 is 42.1 Å². The van der Waals surface area contributed by atoms with E-state index in [-0.39, 0.29) is 26.1 Å². The predicted octanol–water partition coefficient (Wildman–Crippen LogP) is 12.2. The zero-order chi connectivity index (χ0) is 42.1. The largest absolute Gasteiger partial charge is 0.756 e. The van der Waals surface area contributed by atoms with Crippen LogP contribution in [-0.4, -0.2) is 70.0 Å². The molecule has 10 heteroatoms. The highest BCUT2D eigenvalue weighted by atomic mass is 31.2. The standard InChI is InChI=1S/C47H84NO8P/c1-6-8-10-12-14-16-18-20-22-23-24-25-26-28-30-32-34-36-38-40-47(50)56-45(44-55-57(51,52)54-42-41-48(3,4)5)43-53-46(49)39-37-35-33-31-29-27-21-19-17-15-13-11-9-7-2/h8,10,14,16,20,22,24-25,28,30,45H,6-7,9,11-13,15,17-19,21,23,26-27,29,31-44H2,1-5H3/b10-8-,16-14-,22-20-,25-24-,30-28-. The van der Waals surface area contributed by atoms with Gasteiger partial charge in [0.2, 0.25) is 0 Å². The molecule has 0 fully saturated rings. The Bertz CT molecular complexity index is 1160. The van der Waals surface area contributed by atoms with Crippen LogP contribution in [-0.2, 0) is 32.7 Å². The van der Waals surface area contributed by atoms with Crippen LogP contribution >= 0.6 is 7.82 Å². The van der Waals surface area contributed by atoms with E-state index in [0.29, 0.717) is 17.4 Å². The second-order valence-corrected chi connectivity index (χ2v) is 17.4. The van der Waals surface area contributed by atoms with Gasteiger partial charge in [0, 0.05) is 12.8 Å². The zero-order valence-corrected chi connectivity index (χ0v) is 37.9. The minimum atomic E-state index is -4.64. The average molecular weight is 822 g/mol. The number of hydrogen-bond acceptors (Lipinski definition) is 8. The molecule has 0 bridgehead atoms. The predicted molar refractivity (Wildman–Crippen MR) is 236 cm³/mol. The number of carbonyl (C=O) groups excluding carboxylic acids is 2. The molecule has 0 aromatic rings. The van der Waals surface area contributed by atoms with E-state index in [4.69, 9.17) is 18.5 Å². The Hall–Kier alpha value is -2.29. The van der Waals surface area contributed by atoms with Gasteiger partial charge in [-0.05, 0) is 57.8 Å². The summed E-state index contributed by atoms with van der Waals surface area (Å²) in [5.74, 6) is -0.872. The van der Waals surface area contributed by atoms with E-state index < -0.39 is 32.5 Å². The maximum atomic E-state index is 12.7. The number of quaternary nitrogens is 1. The van der Waals surface area contributed by atoms with E-state index in [1.807, 2.05) is 21.1 Å². The van der Waals surface area contributed by atoms with E-state index in [9.17, 15) is 19.0 Å². The average Bonchev–Trinajstić information content (AvgIpc) is 3.16. The molecular formula is C47H84NO8P. The molecule has 0 rings (SSSR count). The topological polar surface area (TPSA) is 111 Å². The SMILES string of the molecule is CC/C=C\C/C=C\C/C=C\C/C=C\C/C=C\CCCCCC(=O)OC(COC(=O)CCCCCCCCCCCCCCCC)COP(=O)([O-])OCC[N+](C)(C)C. The number of unbranched alkanes of at least 4 members (excludes halogenated alkanes) is 16. The lowest BCUT2D eigenvalue weighted by Crippen LogP contribution is -2.37. The number of rotatable bonds is 40. The Morgan fingerprint density at radius 2 is 1.00 bits per heavy atom. The van der Waals surface area contributed by atoms with E-state index in [1.54, 1.807) is 0 Å². The summed E-state index contributed by atoms with van der Waals surface area (Å²) >= 11 is 0. The molecule has 0 saturated heterocycles. The molecule has 0 aromatic carbocycles. The molecule has 2 atom stereocenters. The summed E-state index contributed by atoms with van der Waals surface area (Å²) in [6.45, 7) is 4.07. The Morgan fingerprint density at radius 3 is 1.49 bits per heavy atom. The molecule has 330 valence electrons. The first-order valence-electron chi connectivity index (χ1n) is 22.5. The maximum absolute atomic E-state index is 12.7. The number of likely N-dealkylation sites (N-methyl/N-ethyl adjacent to an activating group) is 1. The van der Waals surface area contributed by atoms with Crippen LogP contribution in [0.4, 0.5) is 0 Å². The number of nitrogens with zero attached hydrogens (tertiary/aromatic N) is 1. The summed E-state index contributed by atoms with van der Waals surface area (Å²) in [5.41, 5.74) is 0. The molecule has 0 aliphatic carbocycles. The lowest BCUT2D eigenvalue weighted by Gasteiger charge is -2.28. The van der Waals surface area contributed by atoms with Crippen molar-refractivity contribution in [3.8, 4) is 0 Å². The van der Waals surface area contributed by atoms with Gasteiger partial charge < -0.3 is 27.9 Å². The highest BCUT2D eigenvalue weighted by Gasteiger charge is 2.21.